The number of likely N-dealkylation sites (tertiary alicyclic amines) is 1. The molecule has 1 N–H and O–H groups in total. The number of hydrogen-bond acceptors (Lipinski definition) is 4. The van der Waals surface area contributed by atoms with Crippen LogP contribution in [0, 0.1) is 0 Å². The summed E-state index contributed by atoms with van der Waals surface area (Å²) in [5.41, 5.74) is 2.63. The Bertz CT molecular complexity index is 811. The number of piperidine rings is 1. The fourth-order valence-corrected chi connectivity index (χ4v) is 4.17. The molecule has 0 atom stereocenters. The van der Waals surface area contributed by atoms with Gasteiger partial charge < -0.3 is 19.7 Å². The van der Waals surface area contributed by atoms with Gasteiger partial charge in [-0.05, 0) is 23.3 Å². The summed E-state index contributed by atoms with van der Waals surface area (Å²) in [5, 5.41) is 3.53. The number of rotatable bonds is 6. The number of benzene rings is 2. The maximum absolute atomic E-state index is 6.11. The number of nitrogens with zero attached hydrogens (tertiary/aromatic N) is 3. The molecule has 2 fully saturated rings. The van der Waals surface area contributed by atoms with E-state index in [9.17, 15) is 0 Å². The zero-order valence-electron chi connectivity index (χ0n) is 18.5. The molecule has 0 radical (unpaired) electrons. The molecule has 6 heteroatoms. The van der Waals surface area contributed by atoms with Gasteiger partial charge in [-0.1, -0.05) is 42.5 Å². The predicted octanol–water partition coefficient (Wildman–Crippen LogP) is 3.14. The third kappa shape index (κ3) is 6.45. The van der Waals surface area contributed by atoms with E-state index in [-0.39, 0.29) is 6.10 Å². The number of nitrogens with one attached hydrogen (secondary N) is 1. The van der Waals surface area contributed by atoms with Crippen molar-refractivity contribution < 1.29 is 9.47 Å². The molecule has 2 saturated heterocycles. The Morgan fingerprint density at radius 1 is 0.968 bits per heavy atom. The number of para-hydroxylation sites is 1. The third-order valence-electron chi connectivity index (χ3n) is 5.98. The van der Waals surface area contributed by atoms with Gasteiger partial charge in [0.25, 0.3) is 0 Å². The second-order valence-electron chi connectivity index (χ2n) is 8.22. The predicted molar refractivity (Wildman–Crippen MR) is 124 cm³/mol. The van der Waals surface area contributed by atoms with Gasteiger partial charge in [-0.2, -0.15) is 0 Å². The monoisotopic (exact) mass is 422 g/mol. The van der Waals surface area contributed by atoms with Crippen LogP contribution in [0.2, 0.25) is 0 Å². The second-order valence-corrected chi connectivity index (χ2v) is 8.22. The van der Waals surface area contributed by atoms with Crippen molar-refractivity contribution in [3.05, 3.63) is 65.7 Å². The molecule has 0 saturated carbocycles. The van der Waals surface area contributed by atoms with E-state index in [4.69, 9.17) is 9.47 Å². The van der Waals surface area contributed by atoms with Crippen molar-refractivity contribution in [2.45, 2.75) is 32.0 Å². The number of ether oxygens (including phenoxy) is 2. The Morgan fingerprint density at radius 2 is 1.65 bits per heavy atom. The first kappa shape index (κ1) is 21.7. The lowest BCUT2D eigenvalue weighted by Gasteiger charge is -2.34. The molecule has 0 bridgehead atoms. The fraction of sp³-hybridized carbons (Fsp3) is 0.480. The van der Waals surface area contributed by atoms with Gasteiger partial charge in [0.15, 0.2) is 5.96 Å². The first-order valence-corrected chi connectivity index (χ1v) is 11.4. The van der Waals surface area contributed by atoms with E-state index in [1.54, 1.807) is 0 Å². The van der Waals surface area contributed by atoms with Crippen molar-refractivity contribution in [1.82, 2.24) is 15.1 Å². The van der Waals surface area contributed by atoms with Crippen molar-refractivity contribution in [1.29, 1.82) is 0 Å². The molecule has 0 unspecified atom stereocenters. The molecule has 31 heavy (non-hydrogen) atoms. The summed E-state index contributed by atoms with van der Waals surface area (Å²) in [6.45, 7) is 7.42. The Balaban J connectivity index is 1.21. The van der Waals surface area contributed by atoms with Gasteiger partial charge in [0.1, 0.15) is 11.9 Å². The van der Waals surface area contributed by atoms with Crippen LogP contribution in [-0.2, 0) is 17.8 Å². The van der Waals surface area contributed by atoms with Crippen molar-refractivity contribution in [2.24, 2.45) is 4.99 Å². The zero-order chi connectivity index (χ0) is 21.3. The summed E-state index contributed by atoms with van der Waals surface area (Å²) in [4.78, 5) is 9.28. The van der Waals surface area contributed by atoms with E-state index in [0.29, 0.717) is 0 Å². The number of guanidine groups is 1. The highest BCUT2D eigenvalue weighted by Crippen LogP contribution is 2.19. The minimum Gasteiger partial charge on any atom is -0.490 e. The maximum atomic E-state index is 6.11. The molecule has 0 spiro atoms. The first-order chi connectivity index (χ1) is 15.3. The highest BCUT2D eigenvalue weighted by Gasteiger charge is 2.22. The maximum Gasteiger partial charge on any atom is 0.193 e. The van der Waals surface area contributed by atoms with Gasteiger partial charge in [0.05, 0.1) is 13.2 Å². The highest BCUT2D eigenvalue weighted by atomic mass is 16.5. The molecule has 6 nitrogen and oxygen atoms in total. The molecule has 0 amide bonds. The van der Waals surface area contributed by atoms with Crippen molar-refractivity contribution in [3.8, 4) is 5.75 Å². The Kier molecular flexibility index (Phi) is 7.80. The normalized spacial score (nSPS) is 18.7. The molecule has 2 aliphatic rings. The van der Waals surface area contributed by atoms with Crippen molar-refractivity contribution >= 4 is 5.96 Å². The summed E-state index contributed by atoms with van der Waals surface area (Å²) in [6.07, 6.45) is 2.29. The molecule has 4 rings (SSSR count). The van der Waals surface area contributed by atoms with E-state index >= 15 is 0 Å². The quantitative estimate of drug-likeness (QED) is 0.573. The number of aliphatic imine (C=N–C) groups is 1. The molecule has 0 aromatic heterocycles. The lowest BCUT2D eigenvalue weighted by atomic mass is 10.1. The first-order valence-electron chi connectivity index (χ1n) is 11.4. The standard InChI is InChI=1S/C25H34N4O2/c1-26-25(29-13-11-24(12-14-29)31-23-5-3-2-4-6-23)27-19-21-7-9-22(10-8-21)20-28-15-17-30-18-16-28/h2-10,24H,11-20H2,1H3,(H,26,27). The van der Waals surface area contributed by atoms with Gasteiger partial charge in [0.2, 0.25) is 0 Å². The summed E-state index contributed by atoms with van der Waals surface area (Å²) in [6, 6.07) is 19.0. The van der Waals surface area contributed by atoms with Crippen LogP contribution in [0.25, 0.3) is 0 Å². The Hall–Kier alpha value is -2.57. The molecule has 166 valence electrons. The molecular weight excluding hydrogens is 388 g/mol. The molecule has 2 heterocycles. The van der Waals surface area contributed by atoms with Crippen LogP contribution in [0.3, 0.4) is 0 Å². The van der Waals surface area contributed by atoms with Crippen LogP contribution in [-0.4, -0.2) is 68.3 Å². The van der Waals surface area contributed by atoms with E-state index in [1.165, 1.54) is 11.1 Å². The number of morpholine rings is 1. The lowest BCUT2D eigenvalue weighted by molar-refractivity contribution is 0.0342. The van der Waals surface area contributed by atoms with E-state index < -0.39 is 0 Å². The second kappa shape index (κ2) is 11.2. The smallest absolute Gasteiger partial charge is 0.193 e. The molecule has 0 aliphatic carbocycles. The topological polar surface area (TPSA) is 49.3 Å². The summed E-state index contributed by atoms with van der Waals surface area (Å²) < 4.78 is 11.5. The highest BCUT2D eigenvalue weighted by molar-refractivity contribution is 5.80. The minimum absolute atomic E-state index is 0.274. The van der Waals surface area contributed by atoms with Crippen molar-refractivity contribution in [3.63, 3.8) is 0 Å². The number of hydrogen-bond donors (Lipinski definition) is 1. The van der Waals surface area contributed by atoms with Gasteiger partial charge >= 0.3 is 0 Å². The van der Waals surface area contributed by atoms with Gasteiger partial charge in [-0.3, -0.25) is 9.89 Å². The van der Waals surface area contributed by atoms with E-state index in [2.05, 4.69) is 44.4 Å². The van der Waals surface area contributed by atoms with Crippen molar-refractivity contribution in [2.75, 3.05) is 46.4 Å². The Morgan fingerprint density at radius 3 is 2.32 bits per heavy atom. The third-order valence-corrected chi connectivity index (χ3v) is 5.98. The average molecular weight is 423 g/mol. The Labute approximate surface area is 185 Å². The summed E-state index contributed by atoms with van der Waals surface area (Å²) >= 11 is 0. The van der Waals surface area contributed by atoms with Crippen LogP contribution in [0.15, 0.2) is 59.6 Å². The zero-order valence-corrected chi connectivity index (χ0v) is 18.5. The van der Waals surface area contributed by atoms with Crippen LogP contribution in [0.1, 0.15) is 24.0 Å². The van der Waals surface area contributed by atoms with Gasteiger partial charge in [-0.25, -0.2) is 0 Å². The molecule has 2 aromatic rings. The largest absolute Gasteiger partial charge is 0.490 e. The lowest BCUT2D eigenvalue weighted by Crippen LogP contribution is -2.47. The van der Waals surface area contributed by atoms with Gasteiger partial charge in [-0.15, -0.1) is 0 Å². The van der Waals surface area contributed by atoms with Crippen LogP contribution in [0.5, 0.6) is 5.75 Å². The summed E-state index contributed by atoms with van der Waals surface area (Å²) in [5.74, 6) is 1.93. The molecular formula is C25H34N4O2. The molecule has 2 aliphatic heterocycles. The van der Waals surface area contributed by atoms with Gasteiger partial charge in [0, 0.05) is 59.2 Å². The minimum atomic E-state index is 0.274. The fourth-order valence-electron chi connectivity index (χ4n) is 4.17. The van der Waals surface area contributed by atoms with E-state index in [1.807, 2.05) is 37.4 Å². The van der Waals surface area contributed by atoms with Crippen LogP contribution < -0.4 is 10.1 Å². The van der Waals surface area contributed by atoms with E-state index in [0.717, 1.165) is 77.0 Å². The SMILES string of the molecule is CN=C(NCc1ccc(CN2CCOCC2)cc1)N1CCC(Oc2ccccc2)CC1. The summed E-state index contributed by atoms with van der Waals surface area (Å²) in [7, 11) is 1.86. The molecule has 2 aromatic carbocycles. The van der Waals surface area contributed by atoms with Crippen LogP contribution >= 0.6 is 0 Å². The average Bonchev–Trinajstić information content (AvgIpc) is 2.83. The van der Waals surface area contributed by atoms with Crippen LogP contribution in [0.4, 0.5) is 0 Å².